The van der Waals surface area contributed by atoms with E-state index in [0.29, 0.717) is 19.4 Å². The molecule has 0 spiro atoms. The predicted molar refractivity (Wildman–Crippen MR) is 101 cm³/mol. The molecule has 1 aliphatic rings. The molecule has 0 aliphatic carbocycles. The average molecular weight is 418 g/mol. The van der Waals surface area contributed by atoms with Gasteiger partial charge in [0.05, 0.1) is 6.04 Å². The van der Waals surface area contributed by atoms with Gasteiger partial charge in [0.1, 0.15) is 18.1 Å². The molecule has 158 valence electrons. The Morgan fingerprint density at radius 1 is 1.18 bits per heavy atom. The second kappa shape index (κ2) is 10.9. The smallest absolute Gasteiger partial charge is 0.326 e. The lowest BCUT2D eigenvalue weighted by atomic mass is 10.1. The van der Waals surface area contributed by atoms with Gasteiger partial charge >= 0.3 is 11.9 Å². The van der Waals surface area contributed by atoms with E-state index in [2.05, 4.69) is 23.3 Å². The Hall–Kier alpha value is -2.34. The second-order valence-electron chi connectivity index (χ2n) is 6.55. The van der Waals surface area contributed by atoms with Crippen LogP contribution in [-0.4, -0.2) is 81.2 Å². The highest BCUT2D eigenvalue weighted by Gasteiger charge is 2.36. The third-order valence-corrected chi connectivity index (χ3v) is 4.67. The average Bonchev–Trinajstić information content (AvgIpc) is 3.11. The molecule has 28 heavy (non-hydrogen) atoms. The van der Waals surface area contributed by atoms with Crippen molar-refractivity contribution in [2.24, 2.45) is 5.73 Å². The van der Waals surface area contributed by atoms with E-state index >= 15 is 0 Å². The Morgan fingerprint density at radius 2 is 1.82 bits per heavy atom. The maximum absolute atomic E-state index is 12.5. The molecule has 0 aromatic carbocycles. The topological polar surface area (TPSA) is 179 Å². The molecule has 3 amide bonds. The normalized spacial score (nSPS) is 19.4. The molecule has 12 heteroatoms. The van der Waals surface area contributed by atoms with Crippen molar-refractivity contribution in [3.63, 3.8) is 0 Å². The van der Waals surface area contributed by atoms with E-state index < -0.39 is 54.3 Å². The van der Waals surface area contributed by atoms with E-state index in [0.717, 1.165) is 0 Å². The first-order valence-corrected chi connectivity index (χ1v) is 9.44. The molecule has 6 N–H and O–H groups in total. The van der Waals surface area contributed by atoms with Crippen LogP contribution in [0.4, 0.5) is 0 Å². The summed E-state index contributed by atoms with van der Waals surface area (Å²) in [6.07, 6.45) is 0.292. The van der Waals surface area contributed by atoms with Gasteiger partial charge in [0.25, 0.3) is 0 Å². The fourth-order valence-electron chi connectivity index (χ4n) is 2.82. The molecule has 0 aromatic rings. The second-order valence-corrected chi connectivity index (χ2v) is 6.92. The molecular formula is C16H26N4O7S. The number of nitrogens with zero attached hydrogens (tertiary/aromatic N) is 1. The number of nitrogens with two attached hydrogens (primary N) is 1. The van der Waals surface area contributed by atoms with Gasteiger partial charge in [-0.2, -0.15) is 12.6 Å². The molecule has 0 aromatic heterocycles. The standard InChI is InChI=1S/C16H26N4O7S/c1-8(17)15(25)20-6-2-3-11(20)14(24)19-10(7-28)13(23)18-9(16(26)27)4-5-12(21)22/h8-11,28H,2-7,17H2,1H3,(H,18,23)(H,19,24)(H,21,22)(H,26,27). The lowest BCUT2D eigenvalue weighted by Crippen LogP contribution is -2.57. The number of carboxylic acids is 2. The van der Waals surface area contributed by atoms with Crippen molar-refractivity contribution in [2.75, 3.05) is 12.3 Å². The lowest BCUT2D eigenvalue weighted by Gasteiger charge is -2.27. The molecular weight excluding hydrogens is 392 g/mol. The van der Waals surface area contributed by atoms with Crippen molar-refractivity contribution in [1.82, 2.24) is 15.5 Å². The number of thiol groups is 1. The van der Waals surface area contributed by atoms with Gasteiger partial charge in [-0.15, -0.1) is 0 Å². The minimum Gasteiger partial charge on any atom is -0.481 e. The van der Waals surface area contributed by atoms with E-state index in [1.54, 1.807) is 0 Å². The zero-order valence-corrected chi connectivity index (χ0v) is 16.4. The lowest BCUT2D eigenvalue weighted by molar-refractivity contribution is -0.143. The molecule has 1 saturated heterocycles. The Labute approximate surface area is 167 Å². The minimum absolute atomic E-state index is 0.114. The van der Waals surface area contributed by atoms with Gasteiger partial charge in [-0.1, -0.05) is 0 Å². The number of hydrogen-bond donors (Lipinski definition) is 6. The van der Waals surface area contributed by atoms with Gasteiger partial charge in [-0.3, -0.25) is 19.2 Å². The van der Waals surface area contributed by atoms with Crippen LogP contribution in [0.5, 0.6) is 0 Å². The Bertz CT molecular complexity index is 628. The summed E-state index contributed by atoms with van der Waals surface area (Å²) in [5.41, 5.74) is 5.59. The number of carbonyl (C=O) groups is 5. The zero-order chi connectivity index (χ0) is 21.4. The summed E-state index contributed by atoms with van der Waals surface area (Å²) in [6.45, 7) is 1.90. The first kappa shape index (κ1) is 23.7. The Kier molecular flexibility index (Phi) is 9.19. The molecule has 4 atom stereocenters. The van der Waals surface area contributed by atoms with Crippen molar-refractivity contribution in [1.29, 1.82) is 0 Å². The highest BCUT2D eigenvalue weighted by Crippen LogP contribution is 2.18. The summed E-state index contributed by atoms with van der Waals surface area (Å²) < 4.78 is 0. The van der Waals surface area contributed by atoms with Crippen LogP contribution >= 0.6 is 12.6 Å². The highest BCUT2D eigenvalue weighted by molar-refractivity contribution is 7.80. The molecule has 4 unspecified atom stereocenters. The van der Waals surface area contributed by atoms with Gasteiger partial charge in [-0.25, -0.2) is 4.79 Å². The van der Waals surface area contributed by atoms with Crippen molar-refractivity contribution in [3.8, 4) is 0 Å². The van der Waals surface area contributed by atoms with Crippen LogP contribution in [0.2, 0.25) is 0 Å². The monoisotopic (exact) mass is 418 g/mol. The molecule has 1 heterocycles. The van der Waals surface area contributed by atoms with Gasteiger partial charge in [-0.05, 0) is 26.2 Å². The largest absolute Gasteiger partial charge is 0.481 e. The van der Waals surface area contributed by atoms with Gasteiger partial charge < -0.3 is 31.5 Å². The molecule has 1 aliphatic heterocycles. The number of rotatable bonds is 10. The third-order valence-electron chi connectivity index (χ3n) is 4.31. The summed E-state index contributed by atoms with van der Waals surface area (Å²) in [6, 6.07) is -4.08. The quantitative estimate of drug-likeness (QED) is 0.224. The number of hydrogen-bond acceptors (Lipinski definition) is 7. The predicted octanol–water partition coefficient (Wildman–Crippen LogP) is -1.83. The van der Waals surface area contributed by atoms with Crippen LogP contribution < -0.4 is 16.4 Å². The zero-order valence-electron chi connectivity index (χ0n) is 15.5. The third kappa shape index (κ3) is 6.68. The Balaban J connectivity index is 2.74. The van der Waals surface area contributed by atoms with Crippen LogP contribution in [0.15, 0.2) is 0 Å². The van der Waals surface area contributed by atoms with Crippen molar-refractivity contribution >= 4 is 42.3 Å². The maximum Gasteiger partial charge on any atom is 0.326 e. The van der Waals surface area contributed by atoms with E-state index in [1.165, 1.54) is 11.8 Å². The SMILES string of the molecule is CC(N)C(=O)N1CCCC1C(=O)NC(CS)C(=O)NC(CCC(=O)O)C(=O)O. The van der Waals surface area contributed by atoms with E-state index in [9.17, 15) is 24.0 Å². The first-order valence-electron chi connectivity index (χ1n) is 8.80. The number of aliphatic carboxylic acids is 2. The van der Waals surface area contributed by atoms with Gasteiger partial charge in [0.2, 0.25) is 17.7 Å². The number of carboxylic acid groups (broad SMARTS) is 2. The summed E-state index contributed by atoms with van der Waals surface area (Å²) >= 11 is 4.01. The van der Waals surface area contributed by atoms with Crippen LogP contribution in [0.25, 0.3) is 0 Å². The fourth-order valence-corrected chi connectivity index (χ4v) is 3.08. The van der Waals surface area contributed by atoms with E-state index in [4.69, 9.17) is 15.9 Å². The van der Waals surface area contributed by atoms with Gasteiger partial charge in [0, 0.05) is 18.7 Å². The maximum atomic E-state index is 12.5. The minimum atomic E-state index is -1.41. The summed E-state index contributed by atoms with van der Waals surface area (Å²) in [5.74, 6) is -4.42. The van der Waals surface area contributed by atoms with Crippen molar-refractivity contribution in [2.45, 2.75) is 56.8 Å². The Morgan fingerprint density at radius 3 is 2.32 bits per heavy atom. The van der Waals surface area contributed by atoms with Crippen LogP contribution in [0, 0.1) is 0 Å². The molecule has 1 fully saturated rings. The first-order chi connectivity index (χ1) is 13.1. The van der Waals surface area contributed by atoms with Crippen molar-refractivity contribution in [3.05, 3.63) is 0 Å². The number of nitrogens with one attached hydrogen (secondary N) is 2. The molecule has 0 radical (unpaired) electrons. The molecule has 0 saturated carbocycles. The number of likely N-dealkylation sites (tertiary alicyclic amines) is 1. The van der Waals surface area contributed by atoms with E-state index in [1.807, 2.05) is 0 Å². The van der Waals surface area contributed by atoms with Crippen LogP contribution in [-0.2, 0) is 24.0 Å². The van der Waals surface area contributed by atoms with Crippen LogP contribution in [0.1, 0.15) is 32.6 Å². The molecule has 1 rings (SSSR count). The number of carbonyl (C=O) groups excluding carboxylic acids is 3. The summed E-state index contributed by atoms with van der Waals surface area (Å²) in [4.78, 5) is 60.1. The highest BCUT2D eigenvalue weighted by atomic mass is 32.1. The van der Waals surface area contributed by atoms with Crippen molar-refractivity contribution < 1.29 is 34.2 Å². The molecule has 11 nitrogen and oxygen atoms in total. The fraction of sp³-hybridized carbons (Fsp3) is 0.688. The summed E-state index contributed by atoms with van der Waals surface area (Å²) in [5, 5.41) is 22.5. The summed E-state index contributed by atoms with van der Waals surface area (Å²) in [7, 11) is 0. The van der Waals surface area contributed by atoms with Crippen LogP contribution in [0.3, 0.4) is 0 Å². The molecule has 0 bridgehead atoms. The van der Waals surface area contributed by atoms with Gasteiger partial charge in [0.15, 0.2) is 0 Å². The number of amides is 3. The van der Waals surface area contributed by atoms with E-state index in [-0.39, 0.29) is 18.1 Å².